The molecule has 0 aromatic carbocycles. The van der Waals surface area contributed by atoms with Crippen molar-refractivity contribution in [2.75, 3.05) is 18.1 Å². The van der Waals surface area contributed by atoms with Crippen LogP contribution in [0.15, 0.2) is 4.52 Å². The van der Waals surface area contributed by atoms with Crippen molar-refractivity contribution in [3.8, 4) is 0 Å². The fraction of sp³-hybridized carbons (Fsp3) is 0.846. The number of rotatable bonds is 2. The van der Waals surface area contributed by atoms with E-state index in [0.29, 0.717) is 12.0 Å². The molecule has 3 rings (SSSR count). The monoisotopic (exact) mass is 267 g/mol. The van der Waals surface area contributed by atoms with Crippen molar-refractivity contribution in [2.45, 2.75) is 50.5 Å². The zero-order valence-electron chi connectivity index (χ0n) is 10.7. The van der Waals surface area contributed by atoms with Gasteiger partial charge in [-0.1, -0.05) is 11.6 Å². The fourth-order valence-corrected chi connectivity index (χ4v) is 3.81. The predicted molar refractivity (Wildman–Crippen MR) is 72.8 cm³/mol. The van der Waals surface area contributed by atoms with Gasteiger partial charge in [0.25, 0.3) is 0 Å². The number of piperidine rings is 1. The minimum absolute atomic E-state index is 0.292. The van der Waals surface area contributed by atoms with Gasteiger partial charge in [-0.2, -0.15) is 16.7 Å². The molecule has 5 heteroatoms. The highest BCUT2D eigenvalue weighted by atomic mass is 32.2. The molecule has 2 aliphatic rings. The van der Waals surface area contributed by atoms with Gasteiger partial charge in [-0.15, -0.1) is 0 Å². The van der Waals surface area contributed by atoms with Crippen molar-refractivity contribution in [1.29, 1.82) is 0 Å². The van der Waals surface area contributed by atoms with Crippen molar-refractivity contribution in [2.24, 2.45) is 0 Å². The molecular weight excluding hydrogens is 246 g/mol. The van der Waals surface area contributed by atoms with Crippen molar-refractivity contribution in [3.05, 3.63) is 11.7 Å². The SMILES string of the molecule is C1CC[C@@H](c2nc([C@H]3CCCSCC3)no2)NC1. The first-order valence-corrected chi connectivity index (χ1v) is 8.23. The third-order valence-electron chi connectivity index (χ3n) is 3.88. The zero-order chi connectivity index (χ0) is 12.2. The molecule has 1 N–H and O–H groups in total. The number of hydrogen-bond acceptors (Lipinski definition) is 5. The number of aromatic nitrogens is 2. The molecule has 2 atom stereocenters. The van der Waals surface area contributed by atoms with Gasteiger partial charge in [-0.25, -0.2) is 0 Å². The van der Waals surface area contributed by atoms with Crippen LogP contribution in [0.5, 0.6) is 0 Å². The van der Waals surface area contributed by atoms with Crippen molar-refractivity contribution < 1.29 is 4.52 Å². The maximum atomic E-state index is 5.47. The van der Waals surface area contributed by atoms with Crippen LogP contribution >= 0.6 is 11.8 Å². The Kier molecular flexibility index (Phi) is 4.20. The average molecular weight is 267 g/mol. The van der Waals surface area contributed by atoms with Gasteiger partial charge in [0.1, 0.15) is 0 Å². The Morgan fingerprint density at radius 3 is 3.00 bits per heavy atom. The fourth-order valence-electron chi connectivity index (χ4n) is 2.78. The van der Waals surface area contributed by atoms with Gasteiger partial charge in [-0.05, 0) is 50.2 Å². The summed E-state index contributed by atoms with van der Waals surface area (Å²) in [5, 5.41) is 7.68. The van der Waals surface area contributed by atoms with E-state index in [9.17, 15) is 0 Å². The lowest BCUT2D eigenvalue weighted by Gasteiger charge is -2.19. The molecule has 0 spiro atoms. The maximum absolute atomic E-state index is 5.47. The molecule has 0 bridgehead atoms. The molecule has 0 saturated carbocycles. The number of thioether (sulfide) groups is 1. The smallest absolute Gasteiger partial charge is 0.243 e. The van der Waals surface area contributed by atoms with Crippen LogP contribution in [-0.4, -0.2) is 28.2 Å². The van der Waals surface area contributed by atoms with E-state index in [1.165, 1.54) is 43.6 Å². The molecule has 0 unspecified atom stereocenters. The second kappa shape index (κ2) is 6.06. The maximum Gasteiger partial charge on any atom is 0.243 e. The standard InChI is InChI=1S/C13H21N3OS/c1-2-7-14-11(5-1)13-15-12(16-17-13)10-4-3-8-18-9-6-10/h10-11,14H,1-9H2/t10-,11-/m0/s1. The molecule has 2 fully saturated rings. The Hall–Kier alpha value is -0.550. The largest absolute Gasteiger partial charge is 0.338 e. The highest BCUT2D eigenvalue weighted by Crippen LogP contribution is 2.30. The Morgan fingerprint density at radius 1 is 1.11 bits per heavy atom. The lowest BCUT2D eigenvalue weighted by molar-refractivity contribution is 0.295. The van der Waals surface area contributed by atoms with E-state index in [1.807, 2.05) is 0 Å². The van der Waals surface area contributed by atoms with E-state index in [4.69, 9.17) is 4.52 Å². The van der Waals surface area contributed by atoms with E-state index >= 15 is 0 Å². The molecule has 4 nitrogen and oxygen atoms in total. The quantitative estimate of drug-likeness (QED) is 0.893. The van der Waals surface area contributed by atoms with Gasteiger partial charge in [0.15, 0.2) is 5.82 Å². The van der Waals surface area contributed by atoms with Crippen LogP contribution in [0.25, 0.3) is 0 Å². The number of nitrogens with zero attached hydrogens (tertiary/aromatic N) is 2. The molecule has 3 heterocycles. The number of nitrogens with one attached hydrogen (secondary N) is 1. The summed E-state index contributed by atoms with van der Waals surface area (Å²) in [6.07, 6.45) is 7.33. The summed E-state index contributed by atoms with van der Waals surface area (Å²) in [6, 6.07) is 0.292. The molecule has 0 aliphatic carbocycles. The third kappa shape index (κ3) is 2.88. The molecule has 1 aromatic rings. The number of hydrogen-bond donors (Lipinski definition) is 1. The predicted octanol–water partition coefficient (Wildman–Crippen LogP) is 2.88. The van der Waals surface area contributed by atoms with Crippen LogP contribution in [0, 0.1) is 0 Å². The van der Waals surface area contributed by atoms with Crippen LogP contribution in [0.1, 0.15) is 62.2 Å². The van der Waals surface area contributed by atoms with Crippen molar-refractivity contribution in [3.63, 3.8) is 0 Å². The Morgan fingerprint density at radius 2 is 2.11 bits per heavy atom. The molecular formula is C13H21N3OS. The van der Waals surface area contributed by atoms with E-state index in [0.717, 1.165) is 24.7 Å². The summed E-state index contributed by atoms with van der Waals surface area (Å²) in [6.45, 7) is 1.07. The van der Waals surface area contributed by atoms with Crippen LogP contribution in [-0.2, 0) is 0 Å². The summed E-state index contributed by atoms with van der Waals surface area (Å²) in [5.41, 5.74) is 0. The normalized spacial score (nSPS) is 30.0. The molecule has 0 amide bonds. The minimum atomic E-state index is 0.292. The summed E-state index contributed by atoms with van der Waals surface area (Å²) in [5.74, 6) is 4.78. The lowest BCUT2D eigenvalue weighted by atomic mass is 10.00. The Balaban J connectivity index is 1.67. The summed E-state index contributed by atoms with van der Waals surface area (Å²) in [4.78, 5) is 4.65. The lowest BCUT2D eigenvalue weighted by Crippen LogP contribution is -2.27. The van der Waals surface area contributed by atoms with Crippen LogP contribution in [0.3, 0.4) is 0 Å². The highest BCUT2D eigenvalue weighted by Gasteiger charge is 2.24. The van der Waals surface area contributed by atoms with E-state index in [2.05, 4.69) is 27.2 Å². The zero-order valence-corrected chi connectivity index (χ0v) is 11.5. The van der Waals surface area contributed by atoms with Gasteiger partial charge in [0.05, 0.1) is 6.04 Å². The first-order chi connectivity index (χ1) is 8.93. The molecule has 18 heavy (non-hydrogen) atoms. The molecule has 1 aromatic heterocycles. The van der Waals surface area contributed by atoms with Crippen LogP contribution in [0.4, 0.5) is 0 Å². The van der Waals surface area contributed by atoms with Crippen molar-refractivity contribution >= 4 is 11.8 Å². The van der Waals surface area contributed by atoms with E-state index in [-0.39, 0.29) is 0 Å². The van der Waals surface area contributed by atoms with E-state index < -0.39 is 0 Å². The Bertz CT molecular complexity index is 368. The van der Waals surface area contributed by atoms with Gasteiger partial charge in [0, 0.05) is 5.92 Å². The van der Waals surface area contributed by atoms with Gasteiger partial charge in [0.2, 0.25) is 5.89 Å². The topological polar surface area (TPSA) is 51.0 Å². The van der Waals surface area contributed by atoms with Gasteiger partial charge in [-0.3, -0.25) is 0 Å². The first-order valence-electron chi connectivity index (χ1n) is 7.08. The summed E-state index contributed by atoms with van der Waals surface area (Å²) < 4.78 is 5.47. The molecule has 2 saturated heterocycles. The third-order valence-corrected chi connectivity index (χ3v) is 4.98. The minimum Gasteiger partial charge on any atom is -0.338 e. The summed E-state index contributed by atoms with van der Waals surface area (Å²) >= 11 is 2.05. The highest BCUT2D eigenvalue weighted by molar-refractivity contribution is 7.99. The second-order valence-electron chi connectivity index (χ2n) is 5.23. The Labute approximate surface area is 112 Å². The van der Waals surface area contributed by atoms with Gasteiger partial charge < -0.3 is 9.84 Å². The molecule has 100 valence electrons. The molecule has 0 radical (unpaired) electrons. The van der Waals surface area contributed by atoms with Crippen LogP contribution in [0.2, 0.25) is 0 Å². The second-order valence-corrected chi connectivity index (χ2v) is 6.46. The molecule has 2 aliphatic heterocycles. The summed E-state index contributed by atoms with van der Waals surface area (Å²) in [7, 11) is 0. The first kappa shape index (κ1) is 12.5. The van der Waals surface area contributed by atoms with Gasteiger partial charge >= 0.3 is 0 Å². The average Bonchev–Trinajstić information content (AvgIpc) is 2.76. The van der Waals surface area contributed by atoms with Crippen molar-refractivity contribution in [1.82, 2.24) is 15.5 Å². The van der Waals surface area contributed by atoms with Crippen LogP contribution < -0.4 is 5.32 Å². The van der Waals surface area contributed by atoms with E-state index in [1.54, 1.807) is 0 Å².